The molecule has 94 valence electrons. The second-order valence-electron chi connectivity index (χ2n) is 3.59. The molecule has 0 aliphatic carbocycles. The Bertz CT molecular complexity index is 545. The Balaban J connectivity index is 2.13. The van der Waals surface area contributed by atoms with E-state index in [-0.39, 0.29) is 0 Å². The number of rotatable bonds is 3. The zero-order valence-corrected chi connectivity index (χ0v) is 11.2. The van der Waals surface area contributed by atoms with Crippen LogP contribution in [0.15, 0.2) is 29.0 Å². The van der Waals surface area contributed by atoms with Crippen LogP contribution in [0.2, 0.25) is 0 Å². The van der Waals surface area contributed by atoms with E-state index in [1.54, 1.807) is 23.0 Å². The molecule has 2 aromatic rings. The summed E-state index contributed by atoms with van der Waals surface area (Å²) in [5, 5.41) is 4.10. The molecule has 2 heterocycles. The van der Waals surface area contributed by atoms with Gasteiger partial charge in [-0.3, -0.25) is 9.67 Å². The molecular formula is C11H11BrN4O2. The molecule has 0 fully saturated rings. The Hall–Kier alpha value is -1.89. The van der Waals surface area contributed by atoms with Crippen LogP contribution in [0.3, 0.4) is 0 Å². The lowest BCUT2D eigenvalue weighted by molar-refractivity contribution is 0.0600. The van der Waals surface area contributed by atoms with Gasteiger partial charge in [0.25, 0.3) is 0 Å². The number of halogens is 1. The highest BCUT2D eigenvalue weighted by molar-refractivity contribution is 9.10. The van der Waals surface area contributed by atoms with Gasteiger partial charge in [-0.1, -0.05) is 0 Å². The molecule has 7 heteroatoms. The molecule has 2 aromatic heterocycles. The number of nitrogens with zero attached hydrogens (tertiary/aromatic N) is 3. The lowest BCUT2D eigenvalue weighted by Gasteiger charge is -2.02. The highest BCUT2D eigenvalue weighted by atomic mass is 79.9. The number of methoxy groups -OCH3 is 1. The van der Waals surface area contributed by atoms with Crippen LogP contribution >= 0.6 is 15.9 Å². The van der Waals surface area contributed by atoms with Gasteiger partial charge in [-0.2, -0.15) is 5.10 Å². The number of aromatic nitrogens is 3. The number of hydrogen-bond donors (Lipinski definition) is 1. The van der Waals surface area contributed by atoms with Crippen molar-refractivity contribution in [3.05, 3.63) is 40.3 Å². The molecule has 0 aliphatic rings. The van der Waals surface area contributed by atoms with Crippen LogP contribution in [0.4, 0.5) is 5.82 Å². The van der Waals surface area contributed by atoms with Gasteiger partial charge in [0.05, 0.1) is 29.4 Å². The maximum atomic E-state index is 11.2. The van der Waals surface area contributed by atoms with Crippen molar-refractivity contribution in [1.82, 2.24) is 14.8 Å². The van der Waals surface area contributed by atoms with Gasteiger partial charge < -0.3 is 10.5 Å². The molecule has 2 rings (SSSR count). The molecule has 0 aromatic carbocycles. The molecular weight excluding hydrogens is 300 g/mol. The fraction of sp³-hybridized carbons (Fsp3) is 0.182. The van der Waals surface area contributed by atoms with E-state index in [4.69, 9.17) is 5.73 Å². The first-order valence-electron chi connectivity index (χ1n) is 5.12. The molecule has 6 nitrogen and oxygen atoms in total. The fourth-order valence-corrected chi connectivity index (χ4v) is 1.73. The van der Waals surface area contributed by atoms with Crippen LogP contribution in [0.1, 0.15) is 16.1 Å². The Kier molecular flexibility index (Phi) is 3.61. The minimum atomic E-state index is -0.403. The Morgan fingerprint density at radius 2 is 2.33 bits per heavy atom. The van der Waals surface area contributed by atoms with Crippen molar-refractivity contribution in [2.75, 3.05) is 12.8 Å². The van der Waals surface area contributed by atoms with E-state index >= 15 is 0 Å². The molecule has 18 heavy (non-hydrogen) atoms. The average molecular weight is 311 g/mol. The van der Waals surface area contributed by atoms with Crippen LogP contribution in [0.25, 0.3) is 0 Å². The Morgan fingerprint density at radius 3 is 2.83 bits per heavy atom. The third-order valence-electron chi connectivity index (χ3n) is 2.31. The molecule has 0 saturated carbocycles. The molecule has 0 bridgehead atoms. The van der Waals surface area contributed by atoms with Crippen LogP contribution < -0.4 is 5.73 Å². The minimum absolute atomic E-state index is 0.403. The normalized spacial score (nSPS) is 10.3. The summed E-state index contributed by atoms with van der Waals surface area (Å²) in [6, 6.07) is 3.41. The van der Waals surface area contributed by atoms with Gasteiger partial charge in [-0.05, 0) is 28.1 Å². The predicted octanol–water partition coefficient (Wildman–Crippen LogP) is 1.46. The number of nitrogens with two attached hydrogens (primary N) is 1. The summed E-state index contributed by atoms with van der Waals surface area (Å²) in [7, 11) is 1.33. The van der Waals surface area contributed by atoms with Crippen molar-refractivity contribution in [3.8, 4) is 0 Å². The minimum Gasteiger partial charge on any atom is -0.465 e. The summed E-state index contributed by atoms with van der Waals surface area (Å²) < 4.78 is 7.00. The van der Waals surface area contributed by atoms with E-state index in [1.165, 1.54) is 13.3 Å². The van der Waals surface area contributed by atoms with Gasteiger partial charge in [0.15, 0.2) is 5.82 Å². The topological polar surface area (TPSA) is 83.0 Å². The number of anilines is 1. The lowest BCUT2D eigenvalue weighted by Crippen LogP contribution is -2.06. The zero-order valence-electron chi connectivity index (χ0n) is 9.63. The highest BCUT2D eigenvalue weighted by Gasteiger charge is 2.07. The molecule has 0 aliphatic heterocycles. The quantitative estimate of drug-likeness (QED) is 0.868. The monoisotopic (exact) mass is 310 g/mol. The summed E-state index contributed by atoms with van der Waals surface area (Å²) in [5.41, 5.74) is 6.81. The third kappa shape index (κ3) is 2.67. The van der Waals surface area contributed by atoms with Crippen molar-refractivity contribution in [2.24, 2.45) is 0 Å². The second kappa shape index (κ2) is 5.18. The van der Waals surface area contributed by atoms with E-state index in [2.05, 4.69) is 30.7 Å². The van der Waals surface area contributed by atoms with Crippen molar-refractivity contribution in [2.45, 2.75) is 6.54 Å². The zero-order chi connectivity index (χ0) is 13.1. The number of nitrogen functional groups attached to an aromatic ring is 1. The number of ether oxygens (including phenoxy) is 1. The van der Waals surface area contributed by atoms with Crippen LogP contribution in [-0.4, -0.2) is 27.8 Å². The number of carbonyl (C=O) groups excluding carboxylic acids is 1. The molecule has 0 radical (unpaired) electrons. The SMILES string of the molecule is COC(=O)c1ccc(Cn2cc(Br)c(N)n2)nc1. The van der Waals surface area contributed by atoms with Gasteiger partial charge >= 0.3 is 5.97 Å². The molecule has 0 spiro atoms. The number of hydrogen-bond acceptors (Lipinski definition) is 5. The summed E-state index contributed by atoms with van der Waals surface area (Å²) >= 11 is 3.28. The van der Waals surface area contributed by atoms with Crippen molar-refractivity contribution < 1.29 is 9.53 Å². The van der Waals surface area contributed by atoms with Gasteiger partial charge in [0.1, 0.15) is 0 Å². The largest absolute Gasteiger partial charge is 0.465 e. The summed E-state index contributed by atoms with van der Waals surface area (Å²) in [6.07, 6.45) is 3.24. The maximum absolute atomic E-state index is 11.2. The van der Waals surface area contributed by atoms with Gasteiger partial charge in [0.2, 0.25) is 0 Å². The highest BCUT2D eigenvalue weighted by Crippen LogP contribution is 2.16. The summed E-state index contributed by atoms with van der Waals surface area (Å²) in [6.45, 7) is 0.483. The lowest BCUT2D eigenvalue weighted by atomic mass is 10.2. The maximum Gasteiger partial charge on any atom is 0.339 e. The van der Waals surface area contributed by atoms with E-state index < -0.39 is 5.97 Å². The van der Waals surface area contributed by atoms with Crippen molar-refractivity contribution in [3.63, 3.8) is 0 Å². The van der Waals surface area contributed by atoms with E-state index in [0.29, 0.717) is 17.9 Å². The molecule has 2 N–H and O–H groups in total. The Morgan fingerprint density at radius 1 is 1.56 bits per heavy atom. The Labute approximate surface area is 112 Å². The second-order valence-corrected chi connectivity index (χ2v) is 4.44. The molecule has 0 unspecified atom stereocenters. The standard InChI is InChI=1S/C11H11BrN4O2/c1-18-11(17)7-2-3-8(14-4-7)5-16-6-9(12)10(13)15-16/h2-4,6H,5H2,1H3,(H2,13,15). The number of carbonyl (C=O) groups is 1. The molecule has 0 amide bonds. The number of pyridine rings is 1. The van der Waals surface area contributed by atoms with Gasteiger partial charge in [-0.25, -0.2) is 4.79 Å². The smallest absolute Gasteiger partial charge is 0.339 e. The van der Waals surface area contributed by atoms with E-state index in [0.717, 1.165) is 10.2 Å². The summed E-state index contributed by atoms with van der Waals surface area (Å²) in [4.78, 5) is 15.4. The first kappa shape index (κ1) is 12.6. The van der Waals surface area contributed by atoms with Gasteiger partial charge in [-0.15, -0.1) is 0 Å². The predicted molar refractivity (Wildman–Crippen MR) is 69.0 cm³/mol. The van der Waals surface area contributed by atoms with E-state index in [9.17, 15) is 4.79 Å². The van der Waals surface area contributed by atoms with Crippen LogP contribution in [0, 0.1) is 0 Å². The average Bonchev–Trinajstić information content (AvgIpc) is 2.68. The first-order valence-corrected chi connectivity index (χ1v) is 5.91. The fourth-order valence-electron chi connectivity index (χ4n) is 1.42. The van der Waals surface area contributed by atoms with Gasteiger partial charge in [0, 0.05) is 12.4 Å². The van der Waals surface area contributed by atoms with E-state index in [1.807, 2.05) is 0 Å². The summed E-state index contributed by atoms with van der Waals surface area (Å²) in [5.74, 6) is 0.0290. The number of esters is 1. The molecule has 0 saturated heterocycles. The first-order chi connectivity index (χ1) is 8.60. The van der Waals surface area contributed by atoms with Crippen LogP contribution in [-0.2, 0) is 11.3 Å². The molecule has 0 atom stereocenters. The van der Waals surface area contributed by atoms with Crippen LogP contribution in [0.5, 0.6) is 0 Å². The third-order valence-corrected chi connectivity index (χ3v) is 2.92. The van der Waals surface area contributed by atoms with Crippen molar-refractivity contribution in [1.29, 1.82) is 0 Å². The van der Waals surface area contributed by atoms with Crippen molar-refractivity contribution >= 4 is 27.7 Å².